The number of carbonyl (C=O) groups is 1. The summed E-state index contributed by atoms with van der Waals surface area (Å²) in [6.07, 6.45) is 17.6. The van der Waals surface area contributed by atoms with Crippen molar-refractivity contribution >= 4 is 5.97 Å². The molecule has 0 aromatic heterocycles. The molecule has 0 aromatic carbocycles. The normalized spacial score (nSPS) is 28.7. The van der Waals surface area contributed by atoms with Gasteiger partial charge in [0.1, 0.15) is 0 Å². The maximum Gasteiger partial charge on any atom is 0.306 e. The highest BCUT2D eigenvalue weighted by Crippen LogP contribution is 2.36. The van der Waals surface area contributed by atoms with Crippen LogP contribution in [0.3, 0.4) is 0 Å². The first kappa shape index (κ1) is 26.1. The van der Waals surface area contributed by atoms with Crippen molar-refractivity contribution in [3.8, 4) is 0 Å². The molecule has 2 rings (SSSR count). The lowest BCUT2D eigenvalue weighted by molar-refractivity contribution is -0.147. The Balaban J connectivity index is 1.73. The Morgan fingerprint density at radius 3 is 2.55 bits per heavy atom. The van der Waals surface area contributed by atoms with Crippen molar-refractivity contribution in [3.63, 3.8) is 0 Å². The molecule has 0 amide bonds. The molecular weight excluding hydrogens is 392 g/mol. The van der Waals surface area contributed by atoms with Gasteiger partial charge >= 0.3 is 5.97 Å². The standard InChI is InChI=1S/C26H44O5/c1-19(2)31-26(30)13-9-4-3-8-12-22-23(25(29)18-24(22)28)17-16-21(27)15-14-20-10-6-5-7-11-20/h3,8,16-17,19-25,27-29H,4-7,9-15,18H2,1-2H3/b8-3-,17-16+/t21?,22-,23-,24?,25?/m1/s1. The zero-order valence-corrected chi connectivity index (χ0v) is 19.5. The molecule has 5 atom stereocenters. The van der Waals surface area contributed by atoms with Crippen molar-refractivity contribution in [3.05, 3.63) is 24.3 Å². The number of hydrogen-bond acceptors (Lipinski definition) is 5. The summed E-state index contributed by atoms with van der Waals surface area (Å²) in [4.78, 5) is 11.5. The van der Waals surface area contributed by atoms with Crippen molar-refractivity contribution in [1.29, 1.82) is 0 Å². The number of ether oxygens (including phenoxy) is 1. The van der Waals surface area contributed by atoms with E-state index in [2.05, 4.69) is 0 Å². The lowest BCUT2D eigenvalue weighted by atomic mass is 9.85. The second-order valence-electron chi connectivity index (χ2n) is 9.78. The smallest absolute Gasteiger partial charge is 0.306 e. The highest BCUT2D eigenvalue weighted by atomic mass is 16.5. The number of allylic oxidation sites excluding steroid dienone is 2. The maximum absolute atomic E-state index is 11.5. The van der Waals surface area contributed by atoms with Gasteiger partial charge < -0.3 is 20.1 Å². The fourth-order valence-electron chi connectivity index (χ4n) is 5.00. The summed E-state index contributed by atoms with van der Waals surface area (Å²) in [6, 6.07) is 0. The molecule has 5 nitrogen and oxygen atoms in total. The summed E-state index contributed by atoms with van der Waals surface area (Å²) < 4.78 is 5.12. The maximum atomic E-state index is 11.5. The average molecular weight is 437 g/mol. The van der Waals surface area contributed by atoms with Crippen LogP contribution in [0.4, 0.5) is 0 Å². The molecule has 2 aliphatic rings. The molecule has 5 heteroatoms. The van der Waals surface area contributed by atoms with E-state index in [0.29, 0.717) is 19.3 Å². The second kappa shape index (κ2) is 14.1. The zero-order valence-electron chi connectivity index (χ0n) is 19.5. The third kappa shape index (κ3) is 9.88. The van der Waals surface area contributed by atoms with Gasteiger partial charge in [-0.2, -0.15) is 0 Å². The van der Waals surface area contributed by atoms with Gasteiger partial charge in [-0.1, -0.05) is 56.4 Å². The molecule has 0 aromatic rings. The number of esters is 1. The Kier molecular flexibility index (Phi) is 11.8. The van der Waals surface area contributed by atoms with E-state index < -0.39 is 18.3 Å². The number of aliphatic hydroxyl groups excluding tert-OH is 3. The Hall–Kier alpha value is -1.17. The third-order valence-electron chi connectivity index (χ3n) is 6.76. The lowest BCUT2D eigenvalue weighted by Gasteiger charge is -2.22. The molecule has 3 N–H and O–H groups in total. The fourth-order valence-corrected chi connectivity index (χ4v) is 5.00. The SMILES string of the molecule is CC(C)OC(=O)CCC/C=C\C[C@H]1C(O)CC(O)[C@@H]1/C=C/C(O)CCC1CCCCC1. The molecule has 0 radical (unpaired) electrons. The summed E-state index contributed by atoms with van der Waals surface area (Å²) in [5, 5.41) is 31.1. The predicted octanol–water partition coefficient (Wildman–Crippen LogP) is 4.69. The van der Waals surface area contributed by atoms with Crippen LogP contribution in [0.15, 0.2) is 24.3 Å². The van der Waals surface area contributed by atoms with Crippen LogP contribution >= 0.6 is 0 Å². The summed E-state index contributed by atoms with van der Waals surface area (Å²) >= 11 is 0. The van der Waals surface area contributed by atoms with E-state index in [4.69, 9.17) is 4.74 Å². The van der Waals surface area contributed by atoms with E-state index in [1.807, 2.05) is 38.2 Å². The first-order valence-electron chi connectivity index (χ1n) is 12.4. The molecule has 2 aliphatic carbocycles. The molecule has 31 heavy (non-hydrogen) atoms. The van der Waals surface area contributed by atoms with Crippen LogP contribution in [0.2, 0.25) is 0 Å². The fraction of sp³-hybridized carbons (Fsp3) is 0.808. The number of rotatable bonds is 12. The second-order valence-corrected chi connectivity index (χ2v) is 9.78. The number of unbranched alkanes of at least 4 members (excludes halogenated alkanes) is 1. The monoisotopic (exact) mass is 436 g/mol. The minimum absolute atomic E-state index is 0.0426. The van der Waals surface area contributed by atoms with Crippen LogP contribution < -0.4 is 0 Å². The van der Waals surface area contributed by atoms with Crippen LogP contribution in [0.1, 0.15) is 90.9 Å². The quantitative estimate of drug-likeness (QED) is 0.235. The van der Waals surface area contributed by atoms with Gasteiger partial charge in [0.25, 0.3) is 0 Å². The number of aliphatic hydroxyl groups is 3. The molecule has 0 spiro atoms. The van der Waals surface area contributed by atoms with Gasteiger partial charge in [0.15, 0.2) is 0 Å². The van der Waals surface area contributed by atoms with Crippen LogP contribution in [-0.4, -0.2) is 45.7 Å². The van der Waals surface area contributed by atoms with Crippen molar-refractivity contribution in [1.82, 2.24) is 0 Å². The Morgan fingerprint density at radius 1 is 1.10 bits per heavy atom. The van der Waals surface area contributed by atoms with E-state index in [1.54, 1.807) is 0 Å². The van der Waals surface area contributed by atoms with Crippen LogP contribution in [0.5, 0.6) is 0 Å². The van der Waals surface area contributed by atoms with Crippen molar-refractivity contribution in [2.75, 3.05) is 0 Å². The summed E-state index contributed by atoms with van der Waals surface area (Å²) in [7, 11) is 0. The van der Waals surface area contributed by atoms with Gasteiger partial charge in [0, 0.05) is 18.8 Å². The lowest BCUT2D eigenvalue weighted by Crippen LogP contribution is -2.20. The van der Waals surface area contributed by atoms with Crippen molar-refractivity contribution in [2.24, 2.45) is 17.8 Å². The topological polar surface area (TPSA) is 87.0 Å². The Bertz CT molecular complexity index is 564. The van der Waals surface area contributed by atoms with E-state index in [9.17, 15) is 20.1 Å². The van der Waals surface area contributed by atoms with E-state index >= 15 is 0 Å². The zero-order chi connectivity index (χ0) is 22.6. The van der Waals surface area contributed by atoms with Gasteiger partial charge in [0.2, 0.25) is 0 Å². The Morgan fingerprint density at radius 2 is 1.84 bits per heavy atom. The van der Waals surface area contributed by atoms with Crippen LogP contribution in [0.25, 0.3) is 0 Å². The summed E-state index contributed by atoms with van der Waals surface area (Å²) in [5.41, 5.74) is 0. The molecule has 2 fully saturated rings. The van der Waals surface area contributed by atoms with Crippen molar-refractivity contribution < 1.29 is 24.9 Å². The van der Waals surface area contributed by atoms with Gasteiger partial charge in [-0.15, -0.1) is 0 Å². The molecule has 0 bridgehead atoms. The molecule has 0 saturated heterocycles. The van der Waals surface area contributed by atoms with Crippen LogP contribution in [-0.2, 0) is 9.53 Å². The highest BCUT2D eigenvalue weighted by molar-refractivity contribution is 5.69. The minimum Gasteiger partial charge on any atom is -0.463 e. The highest BCUT2D eigenvalue weighted by Gasteiger charge is 2.39. The van der Waals surface area contributed by atoms with Crippen LogP contribution in [0, 0.1) is 17.8 Å². The van der Waals surface area contributed by atoms with Gasteiger partial charge in [-0.05, 0) is 57.8 Å². The first-order chi connectivity index (χ1) is 14.9. The van der Waals surface area contributed by atoms with Crippen molar-refractivity contribution in [2.45, 2.75) is 115 Å². The molecule has 0 heterocycles. The van der Waals surface area contributed by atoms with E-state index in [-0.39, 0.29) is 23.9 Å². The summed E-state index contributed by atoms with van der Waals surface area (Å²) in [5.74, 6) is 0.412. The van der Waals surface area contributed by atoms with E-state index in [1.165, 1.54) is 32.1 Å². The molecule has 0 aliphatic heterocycles. The first-order valence-corrected chi connectivity index (χ1v) is 12.4. The third-order valence-corrected chi connectivity index (χ3v) is 6.76. The largest absolute Gasteiger partial charge is 0.463 e. The molecule has 3 unspecified atom stereocenters. The van der Waals surface area contributed by atoms with E-state index in [0.717, 1.165) is 31.6 Å². The predicted molar refractivity (Wildman–Crippen MR) is 123 cm³/mol. The average Bonchev–Trinajstić information content (AvgIpc) is 3.00. The molecular formula is C26H44O5. The Labute approximate surface area is 188 Å². The minimum atomic E-state index is -0.569. The number of carbonyl (C=O) groups excluding carboxylic acids is 1. The van der Waals surface area contributed by atoms with Gasteiger partial charge in [0.05, 0.1) is 24.4 Å². The summed E-state index contributed by atoms with van der Waals surface area (Å²) in [6.45, 7) is 3.69. The van der Waals surface area contributed by atoms with Gasteiger partial charge in [-0.3, -0.25) is 4.79 Å². The van der Waals surface area contributed by atoms with Gasteiger partial charge in [-0.25, -0.2) is 0 Å². The molecule has 178 valence electrons. The number of hydrogen-bond donors (Lipinski definition) is 3. The molecule has 2 saturated carbocycles.